The number of rotatable bonds is 6. The summed E-state index contributed by atoms with van der Waals surface area (Å²) in [6.45, 7) is 6.85. The maximum absolute atomic E-state index is 3.79. The molecule has 0 aliphatic heterocycles. The SMILES string of the molecule is C=C/C(=C\C(Br)=C/C)CCCNC. The summed E-state index contributed by atoms with van der Waals surface area (Å²) in [6, 6.07) is 0. The third-order valence-corrected chi connectivity index (χ3v) is 2.44. The van der Waals surface area contributed by atoms with Crippen LogP contribution in [0.15, 0.2) is 34.9 Å². The molecule has 1 N–H and O–H groups in total. The first-order valence-corrected chi connectivity index (χ1v) is 5.33. The quantitative estimate of drug-likeness (QED) is 0.557. The van der Waals surface area contributed by atoms with Crippen molar-refractivity contribution in [3.8, 4) is 0 Å². The normalized spacial score (nSPS) is 13.2. The van der Waals surface area contributed by atoms with E-state index in [4.69, 9.17) is 0 Å². The Bertz CT molecular complexity index is 204. The van der Waals surface area contributed by atoms with Crippen molar-refractivity contribution >= 4 is 15.9 Å². The third-order valence-electron chi connectivity index (χ3n) is 1.75. The number of hydrogen-bond donors (Lipinski definition) is 1. The van der Waals surface area contributed by atoms with Gasteiger partial charge < -0.3 is 5.32 Å². The van der Waals surface area contributed by atoms with E-state index in [0.717, 1.165) is 23.9 Å². The molecule has 0 saturated carbocycles. The van der Waals surface area contributed by atoms with Crippen LogP contribution < -0.4 is 5.32 Å². The molecule has 0 aromatic heterocycles. The van der Waals surface area contributed by atoms with Gasteiger partial charge in [-0.05, 0) is 45.0 Å². The average Bonchev–Trinajstić information content (AvgIpc) is 2.16. The van der Waals surface area contributed by atoms with Crippen LogP contribution in [0, 0.1) is 0 Å². The van der Waals surface area contributed by atoms with Crippen LogP contribution in [-0.2, 0) is 0 Å². The lowest BCUT2D eigenvalue weighted by molar-refractivity contribution is 0.726. The number of halogens is 1. The highest BCUT2D eigenvalue weighted by Crippen LogP contribution is 2.14. The van der Waals surface area contributed by atoms with E-state index in [9.17, 15) is 0 Å². The van der Waals surface area contributed by atoms with Gasteiger partial charge in [0.05, 0.1) is 0 Å². The van der Waals surface area contributed by atoms with E-state index >= 15 is 0 Å². The van der Waals surface area contributed by atoms with Crippen LogP contribution in [0.25, 0.3) is 0 Å². The van der Waals surface area contributed by atoms with Gasteiger partial charge in [0.1, 0.15) is 0 Å². The summed E-state index contributed by atoms with van der Waals surface area (Å²) in [7, 11) is 1.97. The first-order chi connectivity index (χ1) is 6.24. The molecule has 0 aliphatic carbocycles. The molecule has 74 valence electrons. The lowest BCUT2D eigenvalue weighted by Crippen LogP contribution is -2.07. The topological polar surface area (TPSA) is 12.0 Å². The molecule has 0 bridgehead atoms. The molecule has 0 saturated heterocycles. The average molecular weight is 244 g/mol. The van der Waals surface area contributed by atoms with Crippen molar-refractivity contribution in [2.75, 3.05) is 13.6 Å². The summed E-state index contributed by atoms with van der Waals surface area (Å²) in [5.41, 5.74) is 1.28. The summed E-state index contributed by atoms with van der Waals surface area (Å²) in [5, 5.41) is 3.13. The van der Waals surface area contributed by atoms with Gasteiger partial charge in [0.25, 0.3) is 0 Å². The van der Waals surface area contributed by atoms with E-state index in [1.165, 1.54) is 5.57 Å². The van der Waals surface area contributed by atoms with Crippen LogP contribution in [-0.4, -0.2) is 13.6 Å². The van der Waals surface area contributed by atoms with Crippen molar-refractivity contribution in [1.82, 2.24) is 5.32 Å². The zero-order valence-electron chi connectivity index (χ0n) is 8.44. The van der Waals surface area contributed by atoms with Gasteiger partial charge in [0.15, 0.2) is 0 Å². The van der Waals surface area contributed by atoms with Gasteiger partial charge in [-0.3, -0.25) is 0 Å². The Labute approximate surface area is 89.7 Å². The molecule has 0 heterocycles. The van der Waals surface area contributed by atoms with E-state index in [1.807, 2.05) is 26.1 Å². The van der Waals surface area contributed by atoms with E-state index in [0.29, 0.717) is 0 Å². The van der Waals surface area contributed by atoms with Crippen molar-refractivity contribution in [2.45, 2.75) is 19.8 Å². The Morgan fingerprint density at radius 2 is 2.23 bits per heavy atom. The summed E-state index contributed by atoms with van der Waals surface area (Å²) in [4.78, 5) is 0. The smallest absolute Gasteiger partial charge is 0.0135 e. The summed E-state index contributed by atoms with van der Waals surface area (Å²) < 4.78 is 1.12. The molecule has 2 heteroatoms. The molecule has 0 spiro atoms. The van der Waals surface area contributed by atoms with Gasteiger partial charge in [-0.15, -0.1) is 0 Å². The Hall–Kier alpha value is -0.340. The molecule has 0 amide bonds. The molecular formula is C11H18BrN. The van der Waals surface area contributed by atoms with Gasteiger partial charge in [-0.1, -0.05) is 34.7 Å². The van der Waals surface area contributed by atoms with Gasteiger partial charge in [-0.25, -0.2) is 0 Å². The van der Waals surface area contributed by atoms with Crippen molar-refractivity contribution in [3.05, 3.63) is 34.9 Å². The van der Waals surface area contributed by atoms with Crippen LogP contribution in [0.4, 0.5) is 0 Å². The Kier molecular flexibility index (Phi) is 8.05. The number of allylic oxidation sites excluding steroid dienone is 5. The highest BCUT2D eigenvalue weighted by molar-refractivity contribution is 9.11. The molecule has 0 atom stereocenters. The minimum atomic E-state index is 1.05. The second-order valence-corrected chi connectivity index (χ2v) is 3.72. The van der Waals surface area contributed by atoms with E-state index in [1.54, 1.807) is 0 Å². The fraction of sp³-hybridized carbons (Fsp3) is 0.455. The predicted octanol–water partition coefficient (Wildman–Crippen LogP) is 3.40. The fourth-order valence-electron chi connectivity index (χ4n) is 0.963. The number of nitrogens with one attached hydrogen (secondary N) is 1. The van der Waals surface area contributed by atoms with Crippen molar-refractivity contribution in [3.63, 3.8) is 0 Å². The van der Waals surface area contributed by atoms with E-state index in [-0.39, 0.29) is 0 Å². The van der Waals surface area contributed by atoms with Crippen LogP contribution in [0.2, 0.25) is 0 Å². The molecule has 0 radical (unpaired) electrons. The maximum Gasteiger partial charge on any atom is 0.0135 e. The Balaban J connectivity index is 4.02. The molecule has 0 rings (SSSR count). The maximum atomic E-state index is 3.79. The van der Waals surface area contributed by atoms with Gasteiger partial charge in [0.2, 0.25) is 0 Å². The van der Waals surface area contributed by atoms with Crippen molar-refractivity contribution in [2.24, 2.45) is 0 Å². The minimum absolute atomic E-state index is 1.05. The standard InChI is InChI=1S/C11H18BrN/c1-4-10(7-6-8-13-3)9-11(12)5-2/h4-5,9,13H,1,6-8H2,2-3H3/b10-9+,11-5+. The molecule has 13 heavy (non-hydrogen) atoms. The molecule has 0 aliphatic rings. The highest BCUT2D eigenvalue weighted by atomic mass is 79.9. The van der Waals surface area contributed by atoms with Gasteiger partial charge in [0, 0.05) is 4.48 Å². The van der Waals surface area contributed by atoms with Gasteiger partial charge >= 0.3 is 0 Å². The monoisotopic (exact) mass is 243 g/mol. The summed E-state index contributed by atoms with van der Waals surface area (Å²) in [5.74, 6) is 0. The highest BCUT2D eigenvalue weighted by Gasteiger charge is 1.92. The van der Waals surface area contributed by atoms with Crippen molar-refractivity contribution < 1.29 is 0 Å². The Morgan fingerprint density at radius 1 is 1.54 bits per heavy atom. The first kappa shape index (κ1) is 12.7. The zero-order chi connectivity index (χ0) is 10.1. The second-order valence-electron chi connectivity index (χ2n) is 2.80. The van der Waals surface area contributed by atoms with Crippen LogP contribution >= 0.6 is 15.9 Å². The van der Waals surface area contributed by atoms with Crippen LogP contribution in [0.5, 0.6) is 0 Å². The Morgan fingerprint density at radius 3 is 2.69 bits per heavy atom. The lowest BCUT2D eigenvalue weighted by atomic mass is 10.1. The second kappa shape index (κ2) is 8.27. The summed E-state index contributed by atoms with van der Waals surface area (Å²) >= 11 is 3.45. The molecule has 0 aromatic rings. The molecule has 1 nitrogen and oxygen atoms in total. The predicted molar refractivity (Wildman–Crippen MR) is 64.1 cm³/mol. The van der Waals surface area contributed by atoms with E-state index in [2.05, 4.69) is 33.9 Å². The fourth-order valence-corrected chi connectivity index (χ4v) is 1.26. The number of hydrogen-bond acceptors (Lipinski definition) is 1. The minimum Gasteiger partial charge on any atom is -0.320 e. The summed E-state index contributed by atoms with van der Waals surface area (Å²) in [6.07, 6.45) is 8.29. The van der Waals surface area contributed by atoms with Crippen LogP contribution in [0.3, 0.4) is 0 Å². The van der Waals surface area contributed by atoms with Crippen molar-refractivity contribution in [1.29, 1.82) is 0 Å². The molecule has 0 fully saturated rings. The molecule has 0 aromatic carbocycles. The van der Waals surface area contributed by atoms with Gasteiger partial charge in [-0.2, -0.15) is 0 Å². The zero-order valence-corrected chi connectivity index (χ0v) is 10.0. The molecule has 0 unspecified atom stereocenters. The molecular weight excluding hydrogens is 226 g/mol. The largest absolute Gasteiger partial charge is 0.320 e. The van der Waals surface area contributed by atoms with Crippen LogP contribution in [0.1, 0.15) is 19.8 Å². The first-order valence-electron chi connectivity index (χ1n) is 4.54. The lowest BCUT2D eigenvalue weighted by Gasteiger charge is -2.01. The van der Waals surface area contributed by atoms with E-state index < -0.39 is 0 Å². The third kappa shape index (κ3) is 6.79.